The number of aryl methyl sites for hydroxylation is 1. The molecule has 0 spiro atoms. The largest absolute Gasteiger partial charge is 0.486 e. The molecular formula is C16H17N3O4. The molecule has 7 nitrogen and oxygen atoms in total. The summed E-state index contributed by atoms with van der Waals surface area (Å²) in [6.45, 7) is 4.11. The van der Waals surface area contributed by atoms with Gasteiger partial charge in [-0.15, -0.1) is 0 Å². The number of benzene rings is 1. The van der Waals surface area contributed by atoms with Crippen LogP contribution < -0.4 is 9.47 Å². The Labute approximate surface area is 133 Å². The van der Waals surface area contributed by atoms with Crippen LogP contribution in [0.25, 0.3) is 0 Å². The molecule has 0 radical (unpaired) electrons. The van der Waals surface area contributed by atoms with Crippen LogP contribution in [0, 0.1) is 6.92 Å². The highest BCUT2D eigenvalue weighted by Crippen LogP contribution is 2.32. The third-order valence-corrected chi connectivity index (χ3v) is 4.16. The van der Waals surface area contributed by atoms with E-state index in [1.807, 2.05) is 4.90 Å². The minimum absolute atomic E-state index is 0.0132. The number of fused-ring (bicyclic) bond motifs is 1. The van der Waals surface area contributed by atoms with Crippen molar-refractivity contribution in [3.63, 3.8) is 0 Å². The van der Waals surface area contributed by atoms with Crippen LogP contribution in [0.1, 0.15) is 34.4 Å². The van der Waals surface area contributed by atoms with Crippen molar-refractivity contribution in [3.05, 3.63) is 35.5 Å². The van der Waals surface area contributed by atoms with Crippen molar-refractivity contribution in [2.24, 2.45) is 0 Å². The molecule has 1 atom stereocenters. The molecule has 120 valence electrons. The number of aromatic nitrogens is 2. The average molecular weight is 315 g/mol. The summed E-state index contributed by atoms with van der Waals surface area (Å²) in [6.07, 6.45) is 0.831. The second kappa shape index (κ2) is 5.57. The first-order valence-electron chi connectivity index (χ1n) is 7.70. The first-order chi connectivity index (χ1) is 11.2. The van der Waals surface area contributed by atoms with Crippen molar-refractivity contribution in [3.8, 4) is 11.5 Å². The molecule has 4 rings (SSSR count). The van der Waals surface area contributed by atoms with Gasteiger partial charge in [-0.1, -0.05) is 5.16 Å². The highest BCUT2D eigenvalue weighted by atomic mass is 16.6. The smallest absolute Gasteiger partial charge is 0.254 e. The summed E-state index contributed by atoms with van der Waals surface area (Å²) >= 11 is 0. The van der Waals surface area contributed by atoms with Gasteiger partial charge in [0, 0.05) is 18.7 Å². The van der Waals surface area contributed by atoms with Gasteiger partial charge in [-0.3, -0.25) is 4.79 Å². The van der Waals surface area contributed by atoms with Gasteiger partial charge in [-0.05, 0) is 31.5 Å². The average Bonchev–Trinajstić information content (AvgIpc) is 3.22. The van der Waals surface area contributed by atoms with Gasteiger partial charge in [-0.25, -0.2) is 0 Å². The molecule has 0 unspecified atom stereocenters. The maximum Gasteiger partial charge on any atom is 0.254 e. The SMILES string of the molecule is Cc1noc([C@@H]2CCN(C(=O)c3ccc4c(c3)OCCO4)C2)n1. The van der Waals surface area contributed by atoms with E-state index in [-0.39, 0.29) is 11.8 Å². The lowest BCUT2D eigenvalue weighted by Gasteiger charge is -2.20. The molecule has 1 amide bonds. The molecule has 2 aliphatic rings. The second-order valence-electron chi connectivity index (χ2n) is 5.78. The number of hydrogen-bond acceptors (Lipinski definition) is 6. The number of nitrogens with zero attached hydrogens (tertiary/aromatic N) is 3. The van der Waals surface area contributed by atoms with Crippen LogP contribution in [0.5, 0.6) is 11.5 Å². The predicted octanol–water partition coefficient (Wildman–Crippen LogP) is 1.78. The van der Waals surface area contributed by atoms with Crippen molar-refractivity contribution in [2.45, 2.75) is 19.3 Å². The zero-order chi connectivity index (χ0) is 15.8. The maximum atomic E-state index is 12.7. The molecule has 0 aliphatic carbocycles. The summed E-state index contributed by atoms with van der Waals surface area (Å²) in [6, 6.07) is 5.32. The van der Waals surface area contributed by atoms with Crippen LogP contribution in [0.3, 0.4) is 0 Å². The Morgan fingerprint density at radius 2 is 2.09 bits per heavy atom. The second-order valence-corrected chi connectivity index (χ2v) is 5.78. The highest BCUT2D eigenvalue weighted by Gasteiger charge is 2.31. The van der Waals surface area contributed by atoms with E-state index in [9.17, 15) is 4.79 Å². The van der Waals surface area contributed by atoms with Gasteiger partial charge in [0.2, 0.25) is 5.89 Å². The van der Waals surface area contributed by atoms with Crippen LogP contribution in [0.15, 0.2) is 22.7 Å². The fourth-order valence-corrected chi connectivity index (χ4v) is 2.98. The zero-order valence-electron chi connectivity index (χ0n) is 12.8. The Balaban J connectivity index is 1.49. The molecule has 7 heteroatoms. The van der Waals surface area contributed by atoms with E-state index < -0.39 is 0 Å². The first-order valence-corrected chi connectivity index (χ1v) is 7.70. The van der Waals surface area contributed by atoms with Crippen LogP contribution in [0.2, 0.25) is 0 Å². The third-order valence-electron chi connectivity index (χ3n) is 4.16. The van der Waals surface area contributed by atoms with Crippen molar-refractivity contribution in [2.75, 3.05) is 26.3 Å². The molecular weight excluding hydrogens is 298 g/mol. The van der Waals surface area contributed by atoms with Crippen molar-refractivity contribution >= 4 is 5.91 Å². The molecule has 3 heterocycles. The number of rotatable bonds is 2. The molecule has 1 saturated heterocycles. The first kappa shape index (κ1) is 14.0. The van der Waals surface area contributed by atoms with Crippen molar-refractivity contribution < 1.29 is 18.8 Å². The monoisotopic (exact) mass is 315 g/mol. The lowest BCUT2D eigenvalue weighted by atomic mass is 10.1. The summed E-state index contributed by atoms with van der Waals surface area (Å²) in [4.78, 5) is 18.8. The number of amides is 1. The van der Waals surface area contributed by atoms with Gasteiger partial charge < -0.3 is 18.9 Å². The van der Waals surface area contributed by atoms with Gasteiger partial charge in [0.1, 0.15) is 13.2 Å². The molecule has 1 fully saturated rings. The number of carbonyl (C=O) groups is 1. The van der Waals surface area contributed by atoms with Gasteiger partial charge in [0.15, 0.2) is 17.3 Å². The summed E-state index contributed by atoms with van der Waals surface area (Å²) in [5.74, 6) is 2.65. The fourth-order valence-electron chi connectivity index (χ4n) is 2.98. The summed E-state index contributed by atoms with van der Waals surface area (Å²) in [7, 11) is 0. The molecule has 2 aromatic rings. The molecule has 0 N–H and O–H groups in total. The Morgan fingerprint density at radius 3 is 2.87 bits per heavy atom. The van der Waals surface area contributed by atoms with E-state index >= 15 is 0 Å². The third kappa shape index (κ3) is 2.62. The number of ether oxygens (including phenoxy) is 2. The normalized spacial score (nSPS) is 19.9. The molecule has 1 aromatic heterocycles. The van der Waals surface area contributed by atoms with E-state index in [0.717, 1.165) is 6.42 Å². The number of hydrogen-bond donors (Lipinski definition) is 0. The van der Waals surface area contributed by atoms with Gasteiger partial charge in [-0.2, -0.15) is 4.98 Å². The lowest BCUT2D eigenvalue weighted by Crippen LogP contribution is -2.28. The van der Waals surface area contributed by atoms with E-state index in [0.29, 0.717) is 55.1 Å². The van der Waals surface area contributed by atoms with Crippen LogP contribution in [-0.2, 0) is 0 Å². The van der Waals surface area contributed by atoms with Crippen LogP contribution in [-0.4, -0.2) is 47.3 Å². The molecule has 1 aromatic carbocycles. The number of carbonyl (C=O) groups excluding carboxylic acids is 1. The Bertz CT molecular complexity index is 743. The fraction of sp³-hybridized carbons (Fsp3) is 0.438. The molecule has 2 aliphatic heterocycles. The molecule has 0 saturated carbocycles. The van der Waals surface area contributed by atoms with E-state index in [2.05, 4.69) is 10.1 Å². The van der Waals surface area contributed by atoms with Crippen LogP contribution >= 0.6 is 0 Å². The van der Waals surface area contributed by atoms with E-state index in [1.54, 1.807) is 25.1 Å². The standard InChI is InChI=1S/C16H17N3O4/c1-10-17-15(23-18-10)12-4-5-19(9-12)16(20)11-2-3-13-14(8-11)22-7-6-21-13/h2-3,8,12H,4-7,9H2,1H3/t12-/m1/s1. The van der Waals surface area contributed by atoms with Crippen LogP contribution in [0.4, 0.5) is 0 Å². The van der Waals surface area contributed by atoms with E-state index in [1.165, 1.54) is 0 Å². The predicted molar refractivity (Wildman–Crippen MR) is 79.7 cm³/mol. The quantitative estimate of drug-likeness (QED) is 0.840. The van der Waals surface area contributed by atoms with Crippen molar-refractivity contribution in [1.29, 1.82) is 0 Å². The lowest BCUT2D eigenvalue weighted by molar-refractivity contribution is 0.0788. The minimum atomic E-state index is -0.0132. The van der Waals surface area contributed by atoms with Gasteiger partial charge >= 0.3 is 0 Å². The maximum absolute atomic E-state index is 12.7. The summed E-state index contributed by atoms with van der Waals surface area (Å²) < 4.78 is 16.2. The number of likely N-dealkylation sites (tertiary alicyclic amines) is 1. The highest BCUT2D eigenvalue weighted by molar-refractivity contribution is 5.95. The zero-order valence-corrected chi connectivity index (χ0v) is 12.8. The summed E-state index contributed by atoms with van der Waals surface area (Å²) in [5, 5.41) is 3.82. The Hall–Kier alpha value is -2.57. The molecule has 23 heavy (non-hydrogen) atoms. The topological polar surface area (TPSA) is 77.7 Å². The Kier molecular flexibility index (Phi) is 3.40. The van der Waals surface area contributed by atoms with Gasteiger partial charge in [0.25, 0.3) is 5.91 Å². The Morgan fingerprint density at radius 1 is 1.26 bits per heavy atom. The minimum Gasteiger partial charge on any atom is -0.486 e. The van der Waals surface area contributed by atoms with Gasteiger partial charge in [0.05, 0.1) is 5.92 Å². The summed E-state index contributed by atoms with van der Waals surface area (Å²) in [5.41, 5.74) is 0.608. The van der Waals surface area contributed by atoms with Crippen molar-refractivity contribution in [1.82, 2.24) is 15.0 Å². The molecule has 0 bridgehead atoms. The van der Waals surface area contributed by atoms with E-state index in [4.69, 9.17) is 14.0 Å².